The second-order valence-corrected chi connectivity index (χ2v) is 7.36. The lowest BCUT2D eigenvalue weighted by Gasteiger charge is -2.19. The number of hydrogen-bond donors (Lipinski definition) is 3. The van der Waals surface area contributed by atoms with E-state index in [1.54, 1.807) is 13.3 Å². The minimum absolute atomic E-state index is 0.219. The Kier molecular flexibility index (Phi) is 5.95. The molecule has 7 heteroatoms. The number of likely N-dealkylation sites (N-methyl/N-ethyl adjacent to an activating group) is 1. The molecule has 0 unspecified atom stereocenters. The second-order valence-electron chi connectivity index (χ2n) is 7.36. The largest absolute Gasteiger partial charge is 0.497 e. The number of carbonyl (C=O) groups excluding carboxylic acids is 1. The van der Waals surface area contributed by atoms with E-state index >= 15 is 0 Å². The van der Waals surface area contributed by atoms with Crippen LogP contribution in [0.2, 0.25) is 0 Å². The summed E-state index contributed by atoms with van der Waals surface area (Å²) in [6.07, 6.45) is 1.66. The first kappa shape index (κ1) is 20.6. The Hall–Kier alpha value is -3.71. The van der Waals surface area contributed by atoms with Crippen molar-refractivity contribution in [3.8, 4) is 16.9 Å². The van der Waals surface area contributed by atoms with Gasteiger partial charge in [0.2, 0.25) is 0 Å². The van der Waals surface area contributed by atoms with Crippen LogP contribution in [0.3, 0.4) is 0 Å². The number of rotatable bonds is 7. The summed E-state index contributed by atoms with van der Waals surface area (Å²) >= 11 is 0. The van der Waals surface area contributed by atoms with Gasteiger partial charge in [0.25, 0.3) is 5.91 Å². The van der Waals surface area contributed by atoms with E-state index in [2.05, 4.69) is 31.9 Å². The number of methoxy groups -OCH3 is 1. The van der Waals surface area contributed by atoms with Crippen LogP contribution in [-0.4, -0.2) is 41.8 Å². The summed E-state index contributed by atoms with van der Waals surface area (Å²) in [6.45, 7) is 2.55. The molecule has 7 nitrogen and oxygen atoms in total. The molecule has 0 aliphatic heterocycles. The van der Waals surface area contributed by atoms with E-state index in [1.165, 1.54) is 0 Å². The van der Waals surface area contributed by atoms with Crippen molar-refractivity contribution in [2.24, 2.45) is 0 Å². The molecule has 0 bridgehead atoms. The Morgan fingerprint density at radius 2 is 1.97 bits per heavy atom. The molecule has 0 spiro atoms. The number of amides is 1. The molecule has 0 radical (unpaired) electrons. The van der Waals surface area contributed by atoms with E-state index in [0.29, 0.717) is 12.2 Å². The van der Waals surface area contributed by atoms with Gasteiger partial charge in [-0.3, -0.25) is 14.9 Å². The summed E-state index contributed by atoms with van der Waals surface area (Å²) in [7, 11) is 3.48. The summed E-state index contributed by atoms with van der Waals surface area (Å²) in [5.74, 6) is 0.517. The summed E-state index contributed by atoms with van der Waals surface area (Å²) in [5, 5.41) is 14.5. The zero-order valence-electron chi connectivity index (χ0n) is 17.8. The summed E-state index contributed by atoms with van der Waals surface area (Å²) in [6, 6.07) is 17.3. The first-order valence-electron chi connectivity index (χ1n) is 10.1. The average Bonchev–Trinajstić information content (AvgIpc) is 3.19. The standard InChI is InChI=1S/C24H25N5O2/c1-15-20-12-16(7-8-21(20)29-28-15)17-9-10-26-22(13-17)24(30)27-23(14-25-2)18-5-4-6-19(11-18)31-3/h4-13,23,25H,14H2,1-3H3,(H,27,30)(H,28,29)/t23-/m0/s1. The highest BCUT2D eigenvalue weighted by Crippen LogP contribution is 2.26. The molecule has 4 aromatic rings. The van der Waals surface area contributed by atoms with Gasteiger partial charge in [-0.2, -0.15) is 5.10 Å². The topological polar surface area (TPSA) is 91.9 Å². The van der Waals surface area contributed by atoms with Crippen molar-refractivity contribution in [2.75, 3.05) is 20.7 Å². The van der Waals surface area contributed by atoms with E-state index in [0.717, 1.165) is 39.0 Å². The van der Waals surface area contributed by atoms with Crippen molar-refractivity contribution in [3.63, 3.8) is 0 Å². The predicted octanol–water partition coefficient (Wildman–Crippen LogP) is 3.63. The maximum absolute atomic E-state index is 13.0. The molecule has 0 saturated carbocycles. The van der Waals surface area contributed by atoms with Crippen LogP contribution >= 0.6 is 0 Å². The third-order valence-corrected chi connectivity index (χ3v) is 5.29. The Balaban J connectivity index is 1.59. The summed E-state index contributed by atoms with van der Waals surface area (Å²) in [5.41, 5.74) is 5.19. The SMILES string of the molecule is CNC[C@H](NC(=O)c1cc(-c2ccc3[nH]nc(C)c3c2)ccn1)c1cccc(OC)c1. The lowest BCUT2D eigenvalue weighted by Crippen LogP contribution is -2.35. The van der Waals surface area contributed by atoms with Gasteiger partial charge in [0, 0.05) is 18.1 Å². The summed E-state index contributed by atoms with van der Waals surface area (Å²) in [4.78, 5) is 17.3. The van der Waals surface area contributed by atoms with Crippen molar-refractivity contribution in [1.29, 1.82) is 0 Å². The van der Waals surface area contributed by atoms with E-state index in [-0.39, 0.29) is 11.9 Å². The average molecular weight is 415 g/mol. The molecule has 3 N–H and O–H groups in total. The number of aromatic nitrogens is 3. The fourth-order valence-electron chi connectivity index (χ4n) is 3.61. The highest BCUT2D eigenvalue weighted by atomic mass is 16.5. The summed E-state index contributed by atoms with van der Waals surface area (Å²) < 4.78 is 5.32. The van der Waals surface area contributed by atoms with Crippen LogP contribution in [0, 0.1) is 6.92 Å². The Labute approximate surface area is 180 Å². The van der Waals surface area contributed by atoms with Crippen molar-refractivity contribution in [1.82, 2.24) is 25.8 Å². The highest BCUT2D eigenvalue weighted by Gasteiger charge is 2.17. The number of benzene rings is 2. The number of aromatic amines is 1. The second kappa shape index (κ2) is 8.97. The number of ether oxygens (including phenoxy) is 1. The maximum atomic E-state index is 13.0. The number of aryl methyl sites for hydroxylation is 1. The Bertz CT molecular complexity index is 1220. The van der Waals surface area contributed by atoms with Gasteiger partial charge in [0.05, 0.1) is 24.4 Å². The number of nitrogens with zero attached hydrogens (tertiary/aromatic N) is 2. The lowest BCUT2D eigenvalue weighted by molar-refractivity contribution is 0.0931. The van der Waals surface area contributed by atoms with Crippen LogP contribution in [-0.2, 0) is 0 Å². The van der Waals surface area contributed by atoms with Gasteiger partial charge in [0.15, 0.2) is 0 Å². The molecule has 1 atom stereocenters. The quantitative estimate of drug-likeness (QED) is 0.429. The smallest absolute Gasteiger partial charge is 0.270 e. The zero-order chi connectivity index (χ0) is 21.8. The zero-order valence-corrected chi connectivity index (χ0v) is 17.8. The van der Waals surface area contributed by atoms with E-state index in [9.17, 15) is 4.79 Å². The molecular weight excluding hydrogens is 390 g/mol. The predicted molar refractivity (Wildman–Crippen MR) is 121 cm³/mol. The van der Waals surface area contributed by atoms with Crippen molar-refractivity contribution in [2.45, 2.75) is 13.0 Å². The molecule has 2 aromatic carbocycles. The number of H-pyrrole nitrogens is 1. The molecule has 158 valence electrons. The van der Waals surface area contributed by atoms with Crippen LogP contribution in [0.5, 0.6) is 5.75 Å². The maximum Gasteiger partial charge on any atom is 0.270 e. The Morgan fingerprint density at radius 1 is 1.13 bits per heavy atom. The first-order chi connectivity index (χ1) is 15.1. The van der Waals surface area contributed by atoms with Crippen LogP contribution in [0.15, 0.2) is 60.8 Å². The monoisotopic (exact) mass is 415 g/mol. The lowest BCUT2D eigenvalue weighted by atomic mass is 10.0. The van der Waals surface area contributed by atoms with E-state index < -0.39 is 0 Å². The van der Waals surface area contributed by atoms with Gasteiger partial charge in [-0.05, 0) is 67.1 Å². The van der Waals surface area contributed by atoms with Gasteiger partial charge < -0.3 is 15.4 Å². The van der Waals surface area contributed by atoms with E-state index in [4.69, 9.17) is 4.74 Å². The molecule has 2 heterocycles. The molecular formula is C24H25N5O2. The molecule has 0 aliphatic carbocycles. The number of pyridine rings is 1. The third kappa shape index (κ3) is 4.41. The van der Waals surface area contributed by atoms with Crippen LogP contribution in [0.1, 0.15) is 27.8 Å². The van der Waals surface area contributed by atoms with Crippen molar-refractivity contribution < 1.29 is 9.53 Å². The van der Waals surface area contributed by atoms with Gasteiger partial charge in [0.1, 0.15) is 11.4 Å². The number of nitrogens with one attached hydrogen (secondary N) is 3. The molecule has 1 amide bonds. The fraction of sp³-hybridized carbons (Fsp3) is 0.208. The number of hydrogen-bond acceptors (Lipinski definition) is 5. The van der Waals surface area contributed by atoms with Gasteiger partial charge in [-0.15, -0.1) is 0 Å². The minimum Gasteiger partial charge on any atom is -0.497 e. The van der Waals surface area contributed by atoms with Gasteiger partial charge in [-0.25, -0.2) is 0 Å². The number of carbonyl (C=O) groups is 1. The van der Waals surface area contributed by atoms with E-state index in [1.807, 2.05) is 62.5 Å². The van der Waals surface area contributed by atoms with Gasteiger partial charge in [-0.1, -0.05) is 18.2 Å². The minimum atomic E-state index is -0.231. The van der Waals surface area contributed by atoms with Gasteiger partial charge >= 0.3 is 0 Å². The Morgan fingerprint density at radius 3 is 2.77 bits per heavy atom. The van der Waals surface area contributed by atoms with Crippen LogP contribution < -0.4 is 15.4 Å². The molecule has 0 aliphatic rings. The van der Waals surface area contributed by atoms with Crippen molar-refractivity contribution >= 4 is 16.8 Å². The van der Waals surface area contributed by atoms with Crippen molar-refractivity contribution in [3.05, 3.63) is 77.7 Å². The third-order valence-electron chi connectivity index (χ3n) is 5.29. The van der Waals surface area contributed by atoms with Crippen LogP contribution in [0.4, 0.5) is 0 Å². The van der Waals surface area contributed by atoms with Crippen LogP contribution in [0.25, 0.3) is 22.0 Å². The highest BCUT2D eigenvalue weighted by molar-refractivity contribution is 5.94. The number of fused-ring (bicyclic) bond motifs is 1. The fourth-order valence-corrected chi connectivity index (χ4v) is 3.61. The molecule has 31 heavy (non-hydrogen) atoms. The molecule has 4 rings (SSSR count). The normalized spacial score (nSPS) is 12.0. The molecule has 0 saturated heterocycles. The molecule has 2 aromatic heterocycles. The first-order valence-corrected chi connectivity index (χ1v) is 10.1. The molecule has 0 fully saturated rings.